The highest BCUT2D eigenvalue weighted by Crippen LogP contribution is 2.63. The summed E-state index contributed by atoms with van der Waals surface area (Å²) in [7, 11) is -1.92. The summed E-state index contributed by atoms with van der Waals surface area (Å²) in [4.78, 5) is 0. The van der Waals surface area contributed by atoms with Crippen LogP contribution < -0.4 is 0 Å². The highest BCUT2D eigenvalue weighted by atomic mass is 28.4. The minimum Gasteiger partial charge on any atom is -0.417 e. The molecule has 1 aromatic rings. The Labute approximate surface area is 167 Å². The summed E-state index contributed by atoms with van der Waals surface area (Å²) in [6.45, 7) is 20.9. The summed E-state index contributed by atoms with van der Waals surface area (Å²) in [6, 6.07) is 10.8. The van der Waals surface area contributed by atoms with Crippen LogP contribution in [-0.4, -0.2) is 33.2 Å². The predicted octanol–water partition coefficient (Wildman–Crippen LogP) is 5.88. The van der Waals surface area contributed by atoms with Crippen LogP contribution in [0.15, 0.2) is 30.3 Å². The van der Waals surface area contributed by atoms with E-state index in [0.29, 0.717) is 17.7 Å². The van der Waals surface area contributed by atoms with Crippen molar-refractivity contribution in [3.05, 3.63) is 35.9 Å². The van der Waals surface area contributed by atoms with E-state index in [1.165, 1.54) is 5.56 Å². The lowest BCUT2D eigenvalue weighted by Gasteiger charge is -2.36. The number of rotatable bonds is 5. The molecule has 27 heavy (non-hydrogen) atoms. The van der Waals surface area contributed by atoms with E-state index in [4.69, 9.17) is 13.7 Å². The molecule has 5 heteroatoms. The van der Waals surface area contributed by atoms with E-state index >= 15 is 0 Å². The summed E-state index contributed by atoms with van der Waals surface area (Å²) in [5.74, 6) is 1.26. The lowest BCUT2D eigenvalue weighted by atomic mass is 9.79. The third-order valence-electron chi connectivity index (χ3n) is 7.44. The molecule has 1 aliphatic carbocycles. The second kappa shape index (κ2) is 6.72. The van der Waals surface area contributed by atoms with Gasteiger partial charge in [-0.3, -0.25) is 0 Å². The third kappa shape index (κ3) is 3.94. The summed E-state index contributed by atoms with van der Waals surface area (Å²) < 4.78 is 19.4. The molecule has 1 aliphatic heterocycles. The Morgan fingerprint density at radius 3 is 2.00 bits per heavy atom. The Kier molecular flexibility index (Phi) is 5.25. The zero-order valence-electron chi connectivity index (χ0n) is 18.6. The summed E-state index contributed by atoms with van der Waals surface area (Å²) in [5.41, 5.74) is 0.805. The molecular formula is C22H37BO3Si. The van der Waals surface area contributed by atoms with Gasteiger partial charge in [0.15, 0.2) is 8.32 Å². The fraction of sp³-hybridized carbons (Fsp3) is 0.727. The van der Waals surface area contributed by atoms with E-state index in [1.807, 2.05) is 0 Å². The first-order valence-electron chi connectivity index (χ1n) is 10.3. The van der Waals surface area contributed by atoms with Gasteiger partial charge in [0.2, 0.25) is 0 Å². The molecule has 1 saturated heterocycles. The Morgan fingerprint density at radius 1 is 1.00 bits per heavy atom. The van der Waals surface area contributed by atoms with Crippen LogP contribution >= 0.6 is 0 Å². The minimum absolute atomic E-state index is 0.159. The summed E-state index contributed by atoms with van der Waals surface area (Å²) in [5, 5.41) is 0.226. The van der Waals surface area contributed by atoms with E-state index in [2.05, 4.69) is 91.9 Å². The van der Waals surface area contributed by atoms with Gasteiger partial charge in [0.05, 0.1) is 11.2 Å². The molecule has 0 bridgehead atoms. The topological polar surface area (TPSA) is 27.7 Å². The van der Waals surface area contributed by atoms with Gasteiger partial charge in [-0.25, -0.2) is 0 Å². The third-order valence-corrected chi connectivity index (χ3v) is 11.9. The molecule has 1 aromatic carbocycles. The van der Waals surface area contributed by atoms with E-state index < -0.39 is 8.32 Å². The van der Waals surface area contributed by atoms with E-state index in [0.717, 1.165) is 6.61 Å². The zero-order valence-corrected chi connectivity index (χ0v) is 19.6. The molecule has 1 heterocycles. The van der Waals surface area contributed by atoms with E-state index in [-0.39, 0.29) is 23.4 Å². The van der Waals surface area contributed by atoms with E-state index in [1.54, 1.807) is 0 Å². The molecule has 3 nitrogen and oxygen atoms in total. The van der Waals surface area contributed by atoms with Crippen LogP contribution in [0.2, 0.25) is 23.9 Å². The maximum atomic E-state index is 6.59. The minimum atomic E-state index is -1.77. The van der Waals surface area contributed by atoms with Crippen LogP contribution in [0.5, 0.6) is 0 Å². The first-order chi connectivity index (χ1) is 12.3. The smallest absolute Gasteiger partial charge is 0.417 e. The molecule has 3 rings (SSSR count). The predicted molar refractivity (Wildman–Crippen MR) is 116 cm³/mol. The van der Waals surface area contributed by atoms with Gasteiger partial charge in [0.25, 0.3) is 0 Å². The van der Waals surface area contributed by atoms with Gasteiger partial charge in [-0.2, -0.15) is 0 Å². The fourth-order valence-electron chi connectivity index (χ4n) is 3.70. The van der Waals surface area contributed by atoms with Gasteiger partial charge in [0.1, 0.15) is 0 Å². The summed E-state index contributed by atoms with van der Waals surface area (Å²) >= 11 is 0. The number of benzene rings is 1. The zero-order chi connectivity index (χ0) is 20.3. The largest absolute Gasteiger partial charge is 0.462 e. The van der Waals surface area contributed by atoms with E-state index in [9.17, 15) is 0 Å². The Hall–Kier alpha value is -0.618. The van der Waals surface area contributed by atoms with Crippen molar-refractivity contribution in [2.75, 3.05) is 6.61 Å². The molecule has 0 unspecified atom stereocenters. The maximum absolute atomic E-state index is 6.59. The van der Waals surface area contributed by atoms with Crippen LogP contribution in [0.25, 0.3) is 0 Å². The molecule has 2 aliphatic rings. The quantitative estimate of drug-likeness (QED) is 0.589. The molecule has 2 fully saturated rings. The summed E-state index contributed by atoms with van der Waals surface area (Å²) in [6.07, 6.45) is 0. The van der Waals surface area contributed by atoms with Gasteiger partial charge in [0, 0.05) is 12.4 Å². The molecule has 0 N–H and O–H groups in total. The molecule has 0 radical (unpaired) electrons. The highest BCUT2D eigenvalue weighted by molar-refractivity contribution is 6.74. The van der Waals surface area contributed by atoms with Gasteiger partial charge in [-0.1, -0.05) is 51.1 Å². The van der Waals surface area contributed by atoms with Gasteiger partial charge >= 0.3 is 7.12 Å². The molecule has 3 atom stereocenters. The average Bonchev–Trinajstić information content (AvgIpc) is 3.20. The molecule has 0 aromatic heterocycles. The Morgan fingerprint density at radius 2 is 1.52 bits per heavy atom. The van der Waals surface area contributed by atoms with Crippen molar-refractivity contribution in [2.24, 2.45) is 5.92 Å². The van der Waals surface area contributed by atoms with Crippen molar-refractivity contribution in [3.63, 3.8) is 0 Å². The van der Waals surface area contributed by atoms with Gasteiger partial charge in [-0.05, 0) is 63.2 Å². The van der Waals surface area contributed by atoms with Crippen LogP contribution in [0, 0.1) is 5.92 Å². The van der Waals surface area contributed by atoms with Crippen molar-refractivity contribution in [1.82, 2.24) is 0 Å². The molecular weight excluding hydrogens is 351 g/mol. The van der Waals surface area contributed by atoms with Gasteiger partial charge < -0.3 is 13.7 Å². The van der Waals surface area contributed by atoms with Crippen LogP contribution in [-0.2, 0) is 13.7 Å². The van der Waals surface area contributed by atoms with Crippen molar-refractivity contribution >= 4 is 15.4 Å². The lowest BCUT2D eigenvalue weighted by Crippen LogP contribution is -2.41. The van der Waals surface area contributed by atoms with Crippen molar-refractivity contribution in [2.45, 2.75) is 89.5 Å². The average molecular weight is 388 g/mol. The maximum Gasteiger partial charge on any atom is 0.462 e. The molecule has 1 saturated carbocycles. The molecule has 150 valence electrons. The van der Waals surface area contributed by atoms with Crippen LogP contribution in [0.1, 0.15) is 59.9 Å². The molecule has 0 spiro atoms. The Bertz CT molecular complexity index is 650. The van der Waals surface area contributed by atoms with Crippen molar-refractivity contribution < 1.29 is 13.7 Å². The second-order valence-corrected chi connectivity index (χ2v) is 15.7. The number of hydrogen-bond donors (Lipinski definition) is 0. The van der Waals surface area contributed by atoms with Crippen LogP contribution in [0.4, 0.5) is 0 Å². The van der Waals surface area contributed by atoms with Gasteiger partial charge in [-0.15, -0.1) is 0 Å². The lowest BCUT2D eigenvalue weighted by molar-refractivity contribution is 0.00578. The normalized spacial score (nSPS) is 29.8. The first kappa shape index (κ1) is 21.1. The highest BCUT2D eigenvalue weighted by Gasteiger charge is 2.65. The monoisotopic (exact) mass is 388 g/mol. The van der Waals surface area contributed by atoms with Crippen molar-refractivity contribution in [3.8, 4) is 0 Å². The first-order valence-corrected chi connectivity index (χ1v) is 13.2. The SMILES string of the molecule is CC1(C)OB([C@H]2[C@@H](CO[Si](C)(C)C(C)(C)C)[C@@H]2c2ccccc2)OC1(C)C. The molecule has 0 amide bonds. The Balaban J connectivity index is 1.77. The standard InChI is InChI=1S/C22H37BO3Si/c1-20(2,3)27(8,9)24-15-17-18(16-13-11-10-12-14-16)19(17)23-25-21(4,5)22(6,7)26-23/h10-14,17-19H,15H2,1-9H3/t17-,18-,19-/m0/s1. The van der Waals surface area contributed by atoms with Crippen LogP contribution in [0.3, 0.4) is 0 Å². The van der Waals surface area contributed by atoms with Crippen molar-refractivity contribution in [1.29, 1.82) is 0 Å². The fourth-order valence-corrected chi connectivity index (χ4v) is 4.74. The second-order valence-electron chi connectivity index (χ2n) is 10.9. The number of hydrogen-bond acceptors (Lipinski definition) is 3.